The van der Waals surface area contributed by atoms with Crippen LogP contribution in [0.2, 0.25) is 0 Å². The number of rotatable bonds is 7. The van der Waals surface area contributed by atoms with Gasteiger partial charge in [-0.05, 0) is 97.7 Å². The van der Waals surface area contributed by atoms with Gasteiger partial charge in [0.15, 0.2) is 0 Å². The molecule has 0 amide bonds. The fourth-order valence-electron chi connectivity index (χ4n) is 6.18. The number of hydrogen-bond donors (Lipinski definition) is 0. The Labute approximate surface area is 282 Å². The molecule has 8 aromatic carbocycles. The van der Waals surface area contributed by atoms with Crippen LogP contribution in [-0.4, -0.2) is 0 Å². The van der Waals surface area contributed by atoms with Gasteiger partial charge in [-0.2, -0.15) is 0 Å². The zero-order chi connectivity index (χ0) is 34.9. The van der Waals surface area contributed by atoms with Gasteiger partial charge in [0.2, 0.25) is 0 Å². The largest absolute Gasteiger partial charge is 0.310 e. The monoisotopic (exact) mass is 603 g/mol. The van der Waals surface area contributed by atoms with Crippen LogP contribution in [-0.2, 0) is 0 Å². The summed E-state index contributed by atoms with van der Waals surface area (Å²) in [6.07, 6.45) is 0. The van der Waals surface area contributed by atoms with Gasteiger partial charge in [-0.3, -0.25) is 0 Å². The molecule has 1 heteroatoms. The summed E-state index contributed by atoms with van der Waals surface area (Å²) in [5, 5.41) is 2.27. The highest BCUT2D eigenvalue weighted by molar-refractivity contribution is 5.97. The highest BCUT2D eigenvalue weighted by atomic mass is 15.1. The highest BCUT2D eigenvalue weighted by Crippen LogP contribution is 2.39. The molecule has 0 N–H and O–H groups in total. The molecule has 0 bridgehead atoms. The van der Waals surface area contributed by atoms with Crippen LogP contribution in [0.3, 0.4) is 0 Å². The van der Waals surface area contributed by atoms with Gasteiger partial charge in [-0.15, -0.1) is 0 Å². The summed E-state index contributed by atoms with van der Waals surface area (Å²) < 4.78 is 37.5. The second-order valence-electron chi connectivity index (χ2n) is 11.5. The number of nitrogens with zero attached hydrogens (tertiary/aromatic N) is 1. The van der Waals surface area contributed by atoms with Crippen molar-refractivity contribution in [2.45, 2.75) is 0 Å². The third-order valence-corrected chi connectivity index (χ3v) is 8.53. The Hall–Kier alpha value is -6.18. The summed E-state index contributed by atoms with van der Waals surface area (Å²) in [5.41, 5.74) is 8.69. The predicted octanol–water partition coefficient (Wildman–Crippen LogP) is 13.0. The van der Waals surface area contributed by atoms with Crippen LogP contribution in [0.15, 0.2) is 200 Å². The maximum atomic E-state index is 9.44. The van der Waals surface area contributed by atoms with E-state index in [1.54, 1.807) is 0 Å². The van der Waals surface area contributed by atoms with E-state index in [0.29, 0.717) is 5.56 Å². The molecule has 0 aliphatic carbocycles. The Morgan fingerprint density at radius 2 is 0.851 bits per heavy atom. The van der Waals surface area contributed by atoms with Crippen LogP contribution >= 0.6 is 0 Å². The van der Waals surface area contributed by atoms with Gasteiger partial charge >= 0.3 is 0 Å². The molecule has 0 radical (unpaired) electrons. The van der Waals surface area contributed by atoms with Crippen molar-refractivity contribution >= 4 is 27.8 Å². The van der Waals surface area contributed by atoms with Crippen LogP contribution in [0.5, 0.6) is 0 Å². The first kappa shape index (κ1) is 24.1. The maximum absolute atomic E-state index is 9.44. The van der Waals surface area contributed by atoms with Crippen molar-refractivity contribution in [1.29, 1.82) is 0 Å². The van der Waals surface area contributed by atoms with Crippen molar-refractivity contribution < 1.29 is 5.48 Å². The number of hydrogen-bond acceptors (Lipinski definition) is 1. The van der Waals surface area contributed by atoms with E-state index in [-0.39, 0.29) is 35.4 Å². The summed E-state index contributed by atoms with van der Waals surface area (Å²) in [4.78, 5) is 1.86. The van der Waals surface area contributed by atoms with Gasteiger partial charge in [0, 0.05) is 17.1 Å². The lowest BCUT2D eigenvalue weighted by molar-refractivity contribution is 1.28. The van der Waals surface area contributed by atoms with Crippen LogP contribution in [0.25, 0.3) is 55.3 Å². The lowest BCUT2D eigenvalue weighted by Gasteiger charge is -2.26. The standard InChI is InChI=1S/C46H33N/c1-3-12-34(13-4-1)36-24-28-42(29-25-36)47(44-21-10-20-41(33-44)46-23-11-17-38-16-7-8-22-45(38)46)43-30-26-37(27-31-43)40-19-9-18-39(32-40)35-14-5-2-6-15-35/h1-33H/i26D,27D,30D,31D. The molecule has 0 saturated carbocycles. The van der Waals surface area contributed by atoms with E-state index in [1.807, 2.05) is 126 Å². The molecular formula is C46H33N. The summed E-state index contributed by atoms with van der Waals surface area (Å²) >= 11 is 0. The fraction of sp³-hybridized carbons (Fsp3) is 0. The smallest absolute Gasteiger partial charge is 0.0645 e. The third-order valence-electron chi connectivity index (χ3n) is 8.53. The molecule has 0 aliphatic heterocycles. The van der Waals surface area contributed by atoms with Gasteiger partial charge in [0.05, 0.1) is 5.48 Å². The lowest BCUT2D eigenvalue weighted by Crippen LogP contribution is -2.10. The molecule has 0 spiro atoms. The van der Waals surface area contributed by atoms with Gasteiger partial charge in [0.1, 0.15) is 0 Å². The van der Waals surface area contributed by atoms with E-state index < -0.39 is 0 Å². The van der Waals surface area contributed by atoms with Gasteiger partial charge in [-0.1, -0.05) is 158 Å². The van der Waals surface area contributed by atoms with E-state index >= 15 is 0 Å². The van der Waals surface area contributed by atoms with E-state index in [9.17, 15) is 5.48 Å². The van der Waals surface area contributed by atoms with E-state index in [2.05, 4.69) is 54.6 Å². The van der Waals surface area contributed by atoms with Gasteiger partial charge < -0.3 is 4.90 Å². The molecule has 1 nitrogen and oxygen atoms in total. The molecule has 222 valence electrons. The quantitative estimate of drug-likeness (QED) is 0.175. The topological polar surface area (TPSA) is 3.24 Å². The summed E-state index contributed by atoms with van der Waals surface area (Å²) in [5.74, 6) is 0. The second kappa shape index (κ2) is 12.7. The minimum absolute atomic E-state index is 0.0904. The van der Waals surface area contributed by atoms with Crippen molar-refractivity contribution in [3.63, 3.8) is 0 Å². The normalized spacial score (nSPS) is 12.2. The molecule has 0 aromatic heterocycles. The molecule has 0 saturated heterocycles. The lowest BCUT2D eigenvalue weighted by atomic mass is 9.97. The molecule has 47 heavy (non-hydrogen) atoms. The Balaban J connectivity index is 1.31. The molecular weight excluding hydrogens is 567 g/mol. The Kier molecular flexibility index (Phi) is 6.50. The van der Waals surface area contributed by atoms with Crippen LogP contribution in [0.1, 0.15) is 5.48 Å². The second-order valence-corrected chi connectivity index (χ2v) is 11.5. The van der Waals surface area contributed by atoms with E-state index in [0.717, 1.165) is 55.5 Å². The Morgan fingerprint density at radius 1 is 0.319 bits per heavy atom. The maximum Gasteiger partial charge on any atom is 0.0645 e. The minimum Gasteiger partial charge on any atom is -0.310 e. The third kappa shape index (κ3) is 5.83. The highest BCUT2D eigenvalue weighted by Gasteiger charge is 2.15. The van der Waals surface area contributed by atoms with Crippen molar-refractivity contribution in [2.75, 3.05) is 4.90 Å². The SMILES string of the molecule is [2H]c1c([2H])c(N(c2ccc(-c3ccccc3)cc2)c2cccc(-c3cccc4ccccc34)c2)c([2H])c([2H])c1-c1cccc(-c2ccccc2)c1. The number of anilines is 3. The zero-order valence-electron chi connectivity index (χ0n) is 29.7. The molecule has 0 heterocycles. The van der Waals surface area contributed by atoms with Crippen molar-refractivity contribution in [3.05, 3.63) is 200 Å². The first-order chi connectivity index (χ1) is 25.0. The first-order valence-corrected chi connectivity index (χ1v) is 15.8. The predicted molar refractivity (Wildman–Crippen MR) is 200 cm³/mol. The zero-order valence-corrected chi connectivity index (χ0v) is 25.7. The van der Waals surface area contributed by atoms with E-state index in [1.165, 1.54) is 0 Å². The van der Waals surface area contributed by atoms with E-state index in [4.69, 9.17) is 0 Å². The number of fused-ring (bicyclic) bond motifs is 1. The van der Waals surface area contributed by atoms with Crippen molar-refractivity contribution in [2.24, 2.45) is 0 Å². The van der Waals surface area contributed by atoms with Crippen LogP contribution < -0.4 is 4.90 Å². The van der Waals surface area contributed by atoms with Crippen LogP contribution in [0, 0.1) is 0 Å². The minimum atomic E-state index is -0.112. The average molecular weight is 604 g/mol. The van der Waals surface area contributed by atoms with Crippen LogP contribution in [0.4, 0.5) is 17.1 Å². The van der Waals surface area contributed by atoms with Crippen molar-refractivity contribution in [3.8, 4) is 44.5 Å². The average Bonchev–Trinajstić information content (AvgIpc) is 3.19. The first-order valence-electron chi connectivity index (χ1n) is 17.8. The molecule has 0 aliphatic rings. The fourth-order valence-corrected chi connectivity index (χ4v) is 6.18. The molecule has 0 fully saturated rings. The summed E-state index contributed by atoms with van der Waals surface area (Å²) in [6.45, 7) is 0. The van der Waals surface area contributed by atoms with Gasteiger partial charge in [-0.25, -0.2) is 0 Å². The Morgan fingerprint density at radius 3 is 1.60 bits per heavy atom. The summed E-state index contributed by atoms with van der Waals surface area (Å²) in [6, 6.07) is 58.0. The van der Waals surface area contributed by atoms with Gasteiger partial charge in [0.25, 0.3) is 0 Å². The molecule has 0 atom stereocenters. The van der Waals surface area contributed by atoms with Crippen molar-refractivity contribution in [1.82, 2.24) is 0 Å². The number of benzene rings is 8. The summed E-state index contributed by atoms with van der Waals surface area (Å²) in [7, 11) is 0. The molecule has 8 rings (SSSR count). The Bertz CT molecular complexity index is 2480. The molecule has 0 unspecified atom stereocenters. The molecule has 8 aromatic rings.